The van der Waals surface area contributed by atoms with Crippen LogP contribution in [0, 0.1) is 0 Å². The Morgan fingerprint density at radius 3 is 2.39 bits per heavy atom. The summed E-state index contributed by atoms with van der Waals surface area (Å²) in [7, 11) is 0. The highest BCUT2D eigenvalue weighted by Gasteiger charge is 2.32. The van der Waals surface area contributed by atoms with Crippen molar-refractivity contribution in [2.45, 2.75) is 45.0 Å². The number of hydrazine groups is 1. The van der Waals surface area contributed by atoms with Crippen molar-refractivity contribution in [1.29, 1.82) is 0 Å². The van der Waals surface area contributed by atoms with Crippen LogP contribution in [-0.2, 0) is 17.3 Å². The second kappa shape index (κ2) is 9.18. The molecule has 1 unspecified atom stereocenters. The zero-order chi connectivity index (χ0) is 24.4. The van der Waals surface area contributed by atoms with Crippen molar-refractivity contribution in [3.8, 4) is 0 Å². The number of amides is 1. The Bertz CT molecular complexity index is 1030. The minimum Gasteiger partial charge on any atom is -0.444 e. The van der Waals surface area contributed by atoms with Crippen LogP contribution in [0.5, 0.6) is 0 Å². The average molecular weight is 464 g/mol. The summed E-state index contributed by atoms with van der Waals surface area (Å²) in [4.78, 5) is 14.2. The highest BCUT2D eigenvalue weighted by atomic mass is 19.4. The van der Waals surface area contributed by atoms with Crippen molar-refractivity contribution in [3.63, 3.8) is 0 Å². The molecule has 0 radical (unpaired) electrons. The van der Waals surface area contributed by atoms with Crippen LogP contribution in [0.2, 0.25) is 0 Å². The largest absolute Gasteiger partial charge is 0.444 e. The topological polar surface area (TPSA) is 118 Å². The van der Waals surface area contributed by atoms with Crippen molar-refractivity contribution < 1.29 is 22.7 Å². The Kier molecular flexibility index (Phi) is 6.73. The van der Waals surface area contributed by atoms with E-state index in [4.69, 9.17) is 16.3 Å². The first-order chi connectivity index (χ1) is 15.4. The van der Waals surface area contributed by atoms with Crippen molar-refractivity contribution in [1.82, 2.24) is 10.9 Å². The smallest absolute Gasteiger partial charge is 0.416 e. The fourth-order valence-corrected chi connectivity index (χ4v) is 3.69. The molecule has 1 atom stereocenters. The second-order valence-corrected chi connectivity index (χ2v) is 8.63. The Morgan fingerprint density at radius 1 is 1.15 bits per heavy atom. The number of nitrogens with two attached hydrogens (primary N) is 2. The minimum atomic E-state index is -4.44. The van der Waals surface area contributed by atoms with Crippen LogP contribution in [0.1, 0.15) is 37.5 Å². The fraction of sp³-hybridized carbons (Fsp3) is 0.364. The number of halogens is 3. The van der Waals surface area contributed by atoms with Gasteiger partial charge in [0.05, 0.1) is 11.6 Å². The van der Waals surface area contributed by atoms with Crippen LogP contribution in [0.3, 0.4) is 0 Å². The van der Waals surface area contributed by atoms with Crippen molar-refractivity contribution in [3.05, 3.63) is 59.2 Å². The van der Waals surface area contributed by atoms with Crippen LogP contribution in [-0.4, -0.2) is 30.1 Å². The number of carbonyl (C=O) groups is 1. The molecule has 0 aromatic heterocycles. The molecular formula is C22H27F3N6O2. The number of hydrogen-bond donors (Lipinski definition) is 4. The molecule has 33 heavy (non-hydrogen) atoms. The predicted molar refractivity (Wildman–Crippen MR) is 120 cm³/mol. The molecule has 11 heteroatoms. The fourth-order valence-electron chi connectivity index (χ4n) is 3.69. The molecule has 3 rings (SSSR count). The number of carbonyl (C=O) groups excluding carboxylic acids is 1. The number of hydrogen-bond acceptors (Lipinski definition) is 6. The standard InChI is InChI=1S/C22H27F3N6O2/c1-21(2,3)33-20(32)28-14-11-17-16(19(26)29-30-27)5-4-6-18(17)31(12-14)15-9-7-13(8-10-15)22(23,24)25/h4-10,14,30H,11-12,27H2,1-3H3,(H2,26,29)(H,28,32). The molecule has 8 nitrogen and oxygen atoms in total. The first-order valence-corrected chi connectivity index (χ1v) is 10.2. The summed E-state index contributed by atoms with van der Waals surface area (Å²) in [6.07, 6.45) is -4.62. The zero-order valence-corrected chi connectivity index (χ0v) is 18.5. The van der Waals surface area contributed by atoms with Crippen molar-refractivity contribution in [2.75, 3.05) is 11.4 Å². The maximum Gasteiger partial charge on any atom is 0.416 e. The van der Waals surface area contributed by atoms with Gasteiger partial charge in [-0.15, -0.1) is 5.10 Å². The third kappa shape index (κ3) is 5.86. The maximum atomic E-state index is 13.0. The van der Waals surface area contributed by atoms with E-state index in [9.17, 15) is 18.0 Å². The summed E-state index contributed by atoms with van der Waals surface area (Å²) in [5.74, 6) is 5.41. The predicted octanol–water partition coefficient (Wildman–Crippen LogP) is 3.38. The highest BCUT2D eigenvalue weighted by molar-refractivity contribution is 6.00. The number of alkyl carbamates (subject to hydrolysis) is 1. The molecule has 2 aromatic carbocycles. The third-order valence-electron chi connectivity index (χ3n) is 4.98. The number of anilines is 2. The summed E-state index contributed by atoms with van der Waals surface area (Å²) in [5, 5.41) is 6.69. The lowest BCUT2D eigenvalue weighted by atomic mass is 9.92. The molecule has 0 aliphatic carbocycles. The van der Waals surface area contributed by atoms with E-state index < -0.39 is 29.5 Å². The SMILES string of the molecule is CC(C)(C)OC(=O)NC1Cc2c(/C(N)=N/NN)cccc2N(c2ccc(C(F)(F)F)cc2)C1. The van der Waals surface area contributed by atoms with Gasteiger partial charge in [-0.3, -0.25) is 0 Å². The number of benzene rings is 2. The minimum absolute atomic E-state index is 0.139. The van der Waals surface area contributed by atoms with Crippen LogP contribution in [0.15, 0.2) is 47.6 Å². The van der Waals surface area contributed by atoms with E-state index in [0.717, 1.165) is 23.4 Å². The van der Waals surface area contributed by atoms with Gasteiger partial charge in [0.25, 0.3) is 0 Å². The number of amidine groups is 1. The Morgan fingerprint density at radius 2 is 1.82 bits per heavy atom. The normalized spacial score (nSPS) is 16.8. The van der Waals surface area contributed by atoms with Crippen molar-refractivity contribution in [2.24, 2.45) is 16.7 Å². The molecular weight excluding hydrogens is 437 g/mol. The monoisotopic (exact) mass is 464 g/mol. The van der Waals surface area contributed by atoms with Crippen LogP contribution in [0.25, 0.3) is 0 Å². The zero-order valence-electron chi connectivity index (χ0n) is 18.5. The lowest BCUT2D eigenvalue weighted by Crippen LogP contribution is -2.48. The molecule has 178 valence electrons. The van der Waals surface area contributed by atoms with Gasteiger partial charge < -0.3 is 20.7 Å². The van der Waals surface area contributed by atoms with Gasteiger partial charge in [0.1, 0.15) is 5.60 Å². The van der Waals surface area contributed by atoms with E-state index in [1.165, 1.54) is 12.1 Å². The summed E-state index contributed by atoms with van der Waals surface area (Å²) >= 11 is 0. The molecule has 1 amide bonds. The number of hydrazone groups is 1. The lowest BCUT2D eigenvalue weighted by Gasteiger charge is -2.37. The average Bonchev–Trinajstić information content (AvgIpc) is 2.71. The lowest BCUT2D eigenvalue weighted by molar-refractivity contribution is -0.137. The molecule has 1 heterocycles. The number of rotatable bonds is 4. The van der Waals surface area contributed by atoms with Crippen LogP contribution >= 0.6 is 0 Å². The molecule has 1 aliphatic heterocycles. The van der Waals surface area contributed by atoms with Crippen LogP contribution < -0.4 is 27.3 Å². The van der Waals surface area contributed by atoms with E-state index in [1.54, 1.807) is 32.9 Å². The number of alkyl halides is 3. The summed E-state index contributed by atoms with van der Waals surface area (Å²) < 4.78 is 44.5. The first kappa shape index (κ1) is 24.2. The van der Waals surface area contributed by atoms with Gasteiger partial charge in [-0.2, -0.15) is 13.2 Å². The number of fused-ring (bicyclic) bond motifs is 1. The maximum absolute atomic E-state index is 13.0. The molecule has 0 saturated carbocycles. The summed E-state index contributed by atoms with van der Waals surface area (Å²) in [6.45, 7) is 5.58. The van der Waals surface area contributed by atoms with Crippen molar-refractivity contribution >= 4 is 23.3 Å². The summed E-state index contributed by atoms with van der Waals surface area (Å²) in [6, 6.07) is 9.80. The van der Waals surface area contributed by atoms with Gasteiger partial charge in [0, 0.05) is 23.5 Å². The van der Waals surface area contributed by atoms with E-state index in [-0.39, 0.29) is 5.84 Å². The Hall–Kier alpha value is -3.47. The number of nitrogens with one attached hydrogen (secondary N) is 2. The number of nitrogens with zero attached hydrogens (tertiary/aromatic N) is 2. The highest BCUT2D eigenvalue weighted by Crippen LogP contribution is 2.37. The van der Waals surface area contributed by atoms with Gasteiger partial charge in [-0.1, -0.05) is 12.1 Å². The number of ether oxygens (including phenoxy) is 1. The third-order valence-corrected chi connectivity index (χ3v) is 4.98. The molecule has 0 saturated heterocycles. The molecule has 0 bridgehead atoms. The second-order valence-electron chi connectivity index (χ2n) is 8.63. The van der Waals surface area contributed by atoms with Gasteiger partial charge in [0.15, 0.2) is 5.84 Å². The van der Waals surface area contributed by atoms with Crippen LogP contribution in [0.4, 0.5) is 29.3 Å². The van der Waals surface area contributed by atoms with Gasteiger partial charge >= 0.3 is 12.3 Å². The van der Waals surface area contributed by atoms with E-state index in [1.807, 2.05) is 11.0 Å². The van der Waals surface area contributed by atoms with E-state index in [0.29, 0.717) is 24.2 Å². The Balaban J connectivity index is 2.01. The van der Waals surface area contributed by atoms with Gasteiger partial charge in [-0.05, 0) is 63.1 Å². The molecule has 0 spiro atoms. The van der Waals surface area contributed by atoms with Gasteiger partial charge in [0.2, 0.25) is 0 Å². The van der Waals surface area contributed by atoms with E-state index in [2.05, 4.69) is 16.0 Å². The molecule has 2 aromatic rings. The Labute approximate surface area is 189 Å². The molecule has 0 fully saturated rings. The van der Waals surface area contributed by atoms with Gasteiger partial charge in [-0.25, -0.2) is 16.2 Å². The van der Waals surface area contributed by atoms with E-state index >= 15 is 0 Å². The molecule has 6 N–H and O–H groups in total. The first-order valence-electron chi connectivity index (χ1n) is 10.2. The molecule has 1 aliphatic rings. The quantitative estimate of drug-likeness (QED) is 0.239. The summed E-state index contributed by atoms with van der Waals surface area (Å²) in [5.41, 5.74) is 9.43.